The molecule has 5 nitrogen and oxygen atoms in total. The van der Waals surface area contributed by atoms with Crippen LogP contribution in [0.1, 0.15) is 38.5 Å². The molecule has 0 aromatic rings. The smallest absolute Gasteiger partial charge is 0.318 e. The second kappa shape index (κ2) is 6.29. The Labute approximate surface area is 120 Å². The van der Waals surface area contributed by atoms with Crippen molar-refractivity contribution >= 4 is 18.4 Å². The number of aliphatic hydroxyl groups is 1. The average molecular weight is 290 g/mol. The molecule has 19 heavy (non-hydrogen) atoms. The van der Waals surface area contributed by atoms with Gasteiger partial charge in [-0.2, -0.15) is 0 Å². The van der Waals surface area contributed by atoms with E-state index in [0.717, 1.165) is 51.6 Å². The lowest BCUT2D eigenvalue weighted by molar-refractivity contribution is 0.0532. The second-order valence-electron chi connectivity index (χ2n) is 5.91. The van der Waals surface area contributed by atoms with Gasteiger partial charge < -0.3 is 20.6 Å². The molecule has 3 rings (SSSR count). The van der Waals surface area contributed by atoms with Crippen LogP contribution < -0.4 is 10.6 Å². The first-order valence-electron chi connectivity index (χ1n) is 7.21. The van der Waals surface area contributed by atoms with Crippen LogP contribution in [0.3, 0.4) is 0 Å². The van der Waals surface area contributed by atoms with Crippen molar-refractivity contribution < 1.29 is 9.90 Å². The number of amides is 2. The highest BCUT2D eigenvalue weighted by atomic mass is 35.5. The number of nitrogens with one attached hydrogen (secondary N) is 2. The van der Waals surface area contributed by atoms with Crippen molar-refractivity contribution in [2.45, 2.75) is 62.8 Å². The molecular formula is C13H24ClN3O2. The molecule has 110 valence electrons. The molecule has 0 radical (unpaired) electrons. The Balaban J connectivity index is 0.00000133. The summed E-state index contributed by atoms with van der Waals surface area (Å²) in [6.07, 6.45) is 5.62. The summed E-state index contributed by atoms with van der Waals surface area (Å²) < 4.78 is 0. The minimum absolute atomic E-state index is 0. The van der Waals surface area contributed by atoms with Gasteiger partial charge in [0.15, 0.2) is 0 Å². The number of urea groups is 1. The Kier molecular flexibility index (Phi) is 4.92. The van der Waals surface area contributed by atoms with Crippen LogP contribution in [0.2, 0.25) is 0 Å². The van der Waals surface area contributed by atoms with Crippen molar-refractivity contribution in [2.24, 2.45) is 0 Å². The van der Waals surface area contributed by atoms with E-state index < -0.39 is 0 Å². The van der Waals surface area contributed by atoms with Crippen LogP contribution in [0.4, 0.5) is 4.79 Å². The summed E-state index contributed by atoms with van der Waals surface area (Å²) in [4.78, 5) is 14.3. The van der Waals surface area contributed by atoms with Gasteiger partial charge in [-0.15, -0.1) is 12.4 Å². The number of fused-ring (bicyclic) bond motifs is 2. The molecular weight excluding hydrogens is 266 g/mol. The molecule has 3 fully saturated rings. The fourth-order valence-electron chi connectivity index (χ4n) is 3.70. The first-order chi connectivity index (χ1) is 8.74. The SMILES string of the molecule is Cl.O=C(N[C@H]1CCCNC1)N1C2CCC1CC(O)C2. The average Bonchev–Trinajstić information content (AvgIpc) is 2.63. The summed E-state index contributed by atoms with van der Waals surface area (Å²) in [5.74, 6) is 0. The quantitative estimate of drug-likeness (QED) is 0.671. The van der Waals surface area contributed by atoms with Crippen LogP contribution in [0.5, 0.6) is 0 Å². The van der Waals surface area contributed by atoms with E-state index in [1.54, 1.807) is 0 Å². The fraction of sp³-hybridized carbons (Fsp3) is 0.923. The van der Waals surface area contributed by atoms with Crippen molar-refractivity contribution in [1.29, 1.82) is 0 Å². The Morgan fingerprint density at radius 1 is 1.21 bits per heavy atom. The molecule has 2 unspecified atom stereocenters. The van der Waals surface area contributed by atoms with Crippen LogP contribution in [-0.4, -0.2) is 53.4 Å². The van der Waals surface area contributed by atoms with E-state index in [4.69, 9.17) is 0 Å². The lowest BCUT2D eigenvalue weighted by Gasteiger charge is -2.38. The zero-order valence-electron chi connectivity index (χ0n) is 11.2. The van der Waals surface area contributed by atoms with Crippen LogP contribution in [-0.2, 0) is 0 Å². The molecule has 0 aliphatic carbocycles. The lowest BCUT2D eigenvalue weighted by Crippen LogP contribution is -2.56. The molecule has 3 atom stereocenters. The third-order valence-corrected chi connectivity index (χ3v) is 4.57. The molecule has 0 saturated carbocycles. The maximum atomic E-state index is 12.3. The highest BCUT2D eigenvalue weighted by Gasteiger charge is 2.43. The van der Waals surface area contributed by atoms with Crippen molar-refractivity contribution in [1.82, 2.24) is 15.5 Å². The van der Waals surface area contributed by atoms with E-state index in [9.17, 15) is 9.90 Å². The van der Waals surface area contributed by atoms with E-state index in [-0.39, 0.29) is 42.7 Å². The third kappa shape index (κ3) is 3.15. The molecule has 3 saturated heterocycles. The Bertz CT molecular complexity index is 309. The van der Waals surface area contributed by atoms with Gasteiger partial charge >= 0.3 is 6.03 Å². The zero-order chi connectivity index (χ0) is 12.5. The maximum Gasteiger partial charge on any atom is 0.318 e. The van der Waals surface area contributed by atoms with Crippen molar-refractivity contribution in [3.63, 3.8) is 0 Å². The molecule has 3 heterocycles. The van der Waals surface area contributed by atoms with Gasteiger partial charge in [0.25, 0.3) is 0 Å². The number of aliphatic hydroxyl groups excluding tert-OH is 1. The van der Waals surface area contributed by atoms with Crippen LogP contribution in [0.15, 0.2) is 0 Å². The van der Waals surface area contributed by atoms with Gasteiger partial charge in [-0.05, 0) is 45.1 Å². The third-order valence-electron chi connectivity index (χ3n) is 4.57. The van der Waals surface area contributed by atoms with E-state index >= 15 is 0 Å². The molecule has 3 N–H and O–H groups in total. The van der Waals surface area contributed by atoms with Crippen LogP contribution in [0, 0.1) is 0 Å². The first kappa shape index (κ1) is 14.9. The predicted octanol–water partition coefficient (Wildman–Crippen LogP) is 0.857. The number of hydrogen-bond acceptors (Lipinski definition) is 3. The van der Waals surface area contributed by atoms with Crippen LogP contribution in [0.25, 0.3) is 0 Å². The van der Waals surface area contributed by atoms with Crippen molar-refractivity contribution in [3.8, 4) is 0 Å². The fourth-order valence-corrected chi connectivity index (χ4v) is 3.70. The molecule has 2 amide bonds. The minimum Gasteiger partial charge on any atom is -0.393 e. The molecule has 6 heteroatoms. The molecule has 0 aromatic heterocycles. The second-order valence-corrected chi connectivity index (χ2v) is 5.91. The van der Waals surface area contributed by atoms with Gasteiger partial charge in [0.05, 0.1) is 6.10 Å². The number of rotatable bonds is 1. The van der Waals surface area contributed by atoms with Crippen molar-refractivity contribution in [3.05, 3.63) is 0 Å². The summed E-state index contributed by atoms with van der Waals surface area (Å²) in [5, 5.41) is 16.2. The molecule has 3 aliphatic heterocycles. The number of carbonyl (C=O) groups is 1. The molecule has 0 spiro atoms. The van der Waals surface area contributed by atoms with Gasteiger partial charge in [-0.25, -0.2) is 4.79 Å². The highest BCUT2D eigenvalue weighted by Crippen LogP contribution is 2.35. The number of nitrogens with zero attached hydrogens (tertiary/aromatic N) is 1. The number of piperidine rings is 2. The van der Waals surface area contributed by atoms with E-state index in [2.05, 4.69) is 10.6 Å². The first-order valence-corrected chi connectivity index (χ1v) is 7.21. The molecule has 2 bridgehead atoms. The van der Waals surface area contributed by atoms with E-state index in [0.29, 0.717) is 0 Å². The normalized spacial score (nSPS) is 37.6. The monoisotopic (exact) mass is 289 g/mol. The van der Waals surface area contributed by atoms with E-state index in [1.807, 2.05) is 4.90 Å². The maximum absolute atomic E-state index is 12.3. The van der Waals surface area contributed by atoms with Crippen LogP contribution >= 0.6 is 12.4 Å². The Morgan fingerprint density at radius 3 is 2.47 bits per heavy atom. The summed E-state index contributed by atoms with van der Waals surface area (Å²) in [6.45, 7) is 1.95. The number of halogens is 1. The summed E-state index contributed by atoms with van der Waals surface area (Å²) in [6, 6.07) is 0.881. The van der Waals surface area contributed by atoms with Gasteiger partial charge in [0.1, 0.15) is 0 Å². The summed E-state index contributed by atoms with van der Waals surface area (Å²) in [5.41, 5.74) is 0. The van der Waals surface area contributed by atoms with Gasteiger partial charge in [0, 0.05) is 24.7 Å². The predicted molar refractivity (Wildman–Crippen MR) is 75.6 cm³/mol. The zero-order valence-corrected chi connectivity index (χ0v) is 12.0. The largest absolute Gasteiger partial charge is 0.393 e. The molecule has 3 aliphatic rings. The number of carbonyl (C=O) groups excluding carboxylic acids is 1. The minimum atomic E-state index is -0.206. The van der Waals surface area contributed by atoms with Gasteiger partial charge in [-0.3, -0.25) is 0 Å². The summed E-state index contributed by atoms with van der Waals surface area (Å²) in [7, 11) is 0. The number of hydrogen-bond donors (Lipinski definition) is 3. The molecule has 0 aromatic carbocycles. The van der Waals surface area contributed by atoms with Crippen molar-refractivity contribution in [2.75, 3.05) is 13.1 Å². The lowest BCUT2D eigenvalue weighted by atomic mass is 10.0. The Morgan fingerprint density at radius 2 is 1.89 bits per heavy atom. The van der Waals surface area contributed by atoms with Gasteiger partial charge in [0.2, 0.25) is 0 Å². The van der Waals surface area contributed by atoms with E-state index in [1.165, 1.54) is 0 Å². The Hall–Kier alpha value is -0.520. The standard InChI is InChI=1S/C13H23N3O2.ClH/c17-12-6-10-3-4-11(7-12)16(10)13(18)15-9-2-1-5-14-8-9;/h9-12,14,17H,1-8H2,(H,15,18);1H/t9-,10?,11?,12?;/m0./s1. The topological polar surface area (TPSA) is 64.6 Å². The van der Waals surface area contributed by atoms with Gasteiger partial charge in [-0.1, -0.05) is 0 Å². The summed E-state index contributed by atoms with van der Waals surface area (Å²) >= 11 is 0. The highest BCUT2D eigenvalue weighted by molar-refractivity contribution is 5.85.